The number of phenols is 4. The van der Waals surface area contributed by atoms with E-state index < -0.39 is 78.0 Å². The number of allylic oxidation sites excluding steroid dienone is 1. The Balaban J connectivity index is 1.81. The van der Waals surface area contributed by atoms with Crippen molar-refractivity contribution in [3.8, 4) is 28.7 Å². The first-order valence-electron chi connectivity index (χ1n) is 11.2. The second-order valence-electron chi connectivity index (χ2n) is 8.27. The number of hydrogen-bond acceptors (Lipinski definition) is 13. The maximum absolute atomic E-state index is 12.6. The van der Waals surface area contributed by atoms with E-state index in [-0.39, 0.29) is 11.3 Å². The van der Waals surface area contributed by atoms with E-state index in [1.54, 1.807) is 0 Å². The topological polar surface area (TPSA) is 210 Å². The van der Waals surface area contributed by atoms with Gasteiger partial charge in [0.1, 0.15) is 18.8 Å². The van der Waals surface area contributed by atoms with Gasteiger partial charge >= 0.3 is 11.9 Å². The quantitative estimate of drug-likeness (QED) is 0.120. The number of aliphatic hydroxyl groups excluding tert-OH is 2. The molecule has 2 aromatic rings. The van der Waals surface area contributed by atoms with Crippen molar-refractivity contribution in [1.29, 1.82) is 0 Å². The number of carbonyl (C=O) groups excluding carboxylic acids is 3. The molecular weight excluding hydrogens is 508 g/mol. The predicted octanol–water partition coefficient (Wildman–Crippen LogP) is 0.725. The van der Waals surface area contributed by atoms with Crippen molar-refractivity contribution in [1.82, 2.24) is 0 Å². The zero-order chi connectivity index (χ0) is 28.1. The first-order valence-corrected chi connectivity index (χ1v) is 11.2. The van der Waals surface area contributed by atoms with Crippen LogP contribution < -0.4 is 4.74 Å². The highest BCUT2D eigenvalue weighted by Gasteiger charge is 2.48. The predicted molar refractivity (Wildman–Crippen MR) is 126 cm³/mol. The number of carbonyl (C=O) groups is 3. The third-order valence-corrected chi connectivity index (χ3v) is 5.44. The number of esters is 2. The fourth-order valence-electron chi connectivity index (χ4n) is 3.55. The summed E-state index contributed by atoms with van der Waals surface area (Å²) in [6.07, 6.45) is -5.52. The van der Waals surface area contributed by atoms with Crippen molar-refractivity contribution in [3.05, 3.63) is 47.5 Å². The molecular formula is C25H26O13. The molecule has 1 heterocycles. The Labute approximate surface area is 215 Å². The summed E-state index contributed by atoms with van der Waals surface area (Å²) in [4.78, 5) is 35.2. The zero-order valence-corrected chi connectivity index (χ0v) is 20.2. The molecule has 0 saturated carbocycles. The van der Waals surface area contributed by atoms with Crippen LogP contribution in [0.3, 0.4) is 0 Å². The summed E-state index contributed by atoms with van der Waals surface area (Å²) in [5.41, 5.74) is 0.0498. The minimum Gasteiger partial charge on any atom is -0.504 e. The van der Waals surface area contributed by atoms with E-state index in [1.807, 2.05) is 0 Å². The van der Waals surface area contributed by atoms with Gasteiger partial charge in [-0.2, -0.15) is 0 Å². The number of rotatable bonds is 8. The smallest absolute Gasteiger partial charge is 0.303 e. The highest BCUT2D eigenvalue weighted by atomic mass is 16.7. The number of aliphatic hydroxyl groups is 2. The van der Waals surface area contributed by atoms with E-state index in [0.717, 1.165) is 32.1 Å². The Morgan fingerprint density at radius 3 is 2.26 bits per heavy atom. The van der Waals surface area contributed by atoms with Crippen molar-refractivity contribution >= 4 is 23.8 Å². The Morgan fingerprint density at radius 2 is 1.63 bits per heavy atom. The molecule has 1 saturated heterocycles. The van der Waals surface area contributed by atoms with Crippen molar-refractivity contribution in [3.63, 3.8) is 0 Å². The minimum absolute atomic E-state index is 0.319. The van der Waals surface area contributed by atoms with Gasteiger partial charge in [0, 0.05) is 13.8 Å². The molecule has 0 aromatic heterocycles. The van der Waals surface area contributed by atoms with Crippen LogP contribution in [0.1, 0.15) is 29.8 Å². The SMILES string of the molecule is CC(=O)OC[C@@H]1OC(Oc2ccc(C(=O)/C=C/c3ccc(O)c(O)c3)c(O)c2O)[C@@H](O)[C@H](OC(C)=O)[C@H]1O. The third-order valence-electron chi connectivity index (χ3n) is 5.44. The molecule has 1 aliphatic rings. The summed E-state index contributed by atoms with van der Waals surface area (Å²) in [5.74, 6) is -5.16. The second kappa shape index (κ2) is 11.8. The summed E-state index contributed by atoms with van der Waals surface area (Å²) >= 11 is 0. The summed E-state index contributed by atoms with van der Waals surface area (Å²) in [5, 5.41) is 60.8. The molecule has 13 nitrogen and oxygen atoms in total. The lowest BCUT2D eigenvalue weighted by Crippen LogP contribution is -2.61. The van der Waals surface area contributed by atoms with Crippen LogP contribution in [0.5, 0.6) is 28.7 Å². The molecule has 5 atom stereocenters. The van der Waals surface area contributed by atoms with Gasteiger partial charge in [0.05, 0.1) is 5.56 Å². The Morgan fingerprint density at radius 1 is 0.921 bits per heavy atom. The molecule has 0 bridgehead atoms. The average molecular weight is 534 g/mol. The Bertz CT molecular complexity index is 1240. The molecule has 2 aromatic carbocycles. The van der Waals surface area contributed by atoms with E-state index in [4.69, 9.17) is 18.9 Å². The minimum atomic E-state index is -1.77. The molecule has 0 radical (unpaired) electrons. The number of hydrogen-bond donors (Lipinski definition) is 6. The van der Waals surface area contributed by atoms with E-state index >= 15 is 0 Å². The van der Waals surface area contributed by atoms with Crippen LogP contribution in [0.25, 0.3) is 6.08 Å². The van der Waals surface area contributed by atoms with Crippen LogP contribution in [0.15, 0.2) is 36.4 Å². The fraction of sp³-hybridized carbons (Fsp3) is 0.320. The van der Waals surface area contributed by atoms with Gasteiger partial charge in [-0.05, 0) is 35.9 Å². The summed E-state index contributed by atoms with van der Waals surface area (Å²) < 4.78 is 20.7. The lowest BCUT2D eigenvalue weighted by atomic mass is 9.99. The number of ketones is 1. The summed E-state index contributed by atoms with van der Waals surface area (Å²) in [7, 11) is 0. The van der Waals surface area contributed by atoms with Crippen LogP contribution in [0.2, 0.25) is 0 Å². The molecule has 6 N–H and O–H groups in total. The first-order chi connectivity index (χ1) is 17.9. The maximum atomic E-state index is 12.6. The van der Waals surface area contributed by atoms with Gasteiger partial charge in [0.15, 0.2) is 41.0 Å². The highest BCUT2D eigenvalue weighted by Crippen LogP contribution is 2.40. The zero-order valence-electron chi connectivity index (χ0n) is 20.2. The lowest BCUT2D eigenvalue weighted by Gasteiger charge is -2.41. The summed E-state index contributed by atoms with van der Waals surface area (Å²) in [6, 6.07) is 6.08. The van der Waals surface area contributed by atoms with Gasteiger partial charge < -0.3 is 49.6 Å². The number of ether oxygens (including phenoxy) is 4. The maximum Gasteiger partial charge on any atom is 0.303 e. The van der Waals surface area contributed by atoms with Gasteiger partial charge in [-0.1, -0.05) is 12.1 Å². The molecule has 1 unspecified atom stereocenters. The van der Waals surface area contributed by atoms with Crippen LogP contribution in [-0.4, -0.2) is 85.7 Å². The average Bonchev–Trinajstić information content (AvgIpc) is 2.85. The molecule has 204 valence electrons. The lowest BCUT2D eigenvalue weighted by molar-refractivity contribution is -0.282. The standard InChI is InChI=1S/C25H26O13/c1-11(26)35-10-19-22(33)24(36-12(2)27)23(34)25(38-19)37-18-8-5-14(20(31)21(18)32)15(28)6-3-13-4-7-16(29)17(30)9-13/h3-9,19,22-25,29-34H,10H2,1-2H3/b6-3+/t19-,22-,23-,24+,25?/m0/s1. The molecule has 38 heavy (non-hydrogen) atoms. The van der Waals surface area contributed by atoms with E-state index in [9.17, 15) is 45.0 Å². The molecule has 3 rings (SSSR count). The van der Waals surface area contributed by atoms with Gasteiger partial charge in [-0.25, -0.2) is 0 Å². The van der Waals surface area contributed by atoms with Crippen LogP contribution in [0, 0.1) is 0 Å². The molecule has 13 heteroatoms. The van der Waals surface area contributed by atoms with Gasteiger partial charge in [-0.3, -0.25) is 14.4 Å². The van der Waals surface area contributed by atoms with Crippen molar-refractivity contribution in [2.45, 2.75) is 44.6 Å². The van der Waals surface area contributed by atoms with E-state index in [0.29, 0.717) is 5.56 Å². The van der Waals surface area contributed by atoms with Gasteiger partial charge in [0.25, 0.3) is 0 Å². The number of benzene rings is 2. The van der Waals surface area contributed by atoms with Crippen molar-refractivity contribution in [2.24, 2.45) is 0 Å². The first kappa shape index (κ1) is 28.2. The molecule has 1 aliphatic heterocycles. The normalized spacial score (nSPS) is 23.1. The van der Waals surface area contributed by atoms with Crippen molar-refractivity contribution < 1.29 is 64.0 Å². The summed E-state index contributed by atoms with van der Waals surface area (Å²) in [6.45, 7) is 1.69. The van der Waals surface area contributed by atoms with Gasteiger partial charge in [-0.15, -0.1) is 0 Å². The Kier molecular flexibility index (Phi) is 8.78. The number of aromatic hydroxyl groups is 4. The monoisotopic (exact) mass is 534 g/mol. The van der Waals surface area contributed by atoms with Crippen LogP contribution in [-0.2, 0) is 23.8 Å². The van der Waals surface area contributed by atoms with E-state index in [1.165, 1.54) is 24.3 Å². The van der Waals surface area contributed by atoms with Crippen LogP contribution >= 0.6 is 0 Å². The largest absolute Gasteiger partial charge is 0.504 e. The molecule has 0 amide bonds. The van der Waals surface area contributed by atoms with Crippen LogP contribution in [0.4, 0.5) is 0 Å². The van der Waals surface area contributed by atoms with Crippen molar-refractivity contribution in [2.75, 3.05) is 6.61 Å². The van der Waals surface area contributed by atoms with Gasteiger partial charge in [0.2, 0.25) is 12.0 Å². The highest BCUT2D eigenvalue weighted by molar-refractivity contribution is 6.09. The molecule has 0 aliphatic carbocycles. The van der Waals surface area contributed by atoms with E-state index in [2.05, 4.69) is 0 Å². The molecule has 0 spiro atoms. The third kappa shape index (κ3) is 6.51. The fourth-order valence-corrected chi connectivity index (χ4v) is 3.55. The number of phenolic OH excluding ortho intramolecular Hbond substituents is 4. The Hall–Kier alpha value is -4.33. The second-order valence-corrected chi connectivity index (χ2v) is 8.27. The molecule has 1 fully saturated rings.